The molecule has 102 valence electrons. The summed E-state index contributed by atoms with van der Waals surface area (Å²) in [6.45, 7) is 13.1. The molecule has 17 heavy (non-hydrogen) atoms. The Morgan fingerprint density at radius 1 is 1.12 bits per heavy atom. The first-order valence-electron chi connectivity index (χ1n) is 7.62. The molecule has 1 saturated heterocycles. The Morgan fingerprint density at radius 2 is 1.76 bits per heavy atom. The second-order valence-electron chi connectivity index (χ2n) is 6.01. The number of rotatable bonds is 8. The average molecular weight is 240 g/mol. The number of nitrogens with one attached hydrogen (secondary N) is 1. The van der Waals surface area contributed by atoms with E-state index in [4.69, 9.17) is 0 Å². The molecular weight excluding hydrogens is 208 g/mol. The van der Waals surface area contributed by atoms with Gasteiger partial charge in [-0.15, -0.1) is 0 Å². The predicted molar refractivity (Wildman–Crippen MR) is 76.4 cm³/mol. The quantitative estimate of drug-likeness (QED) is 0.700. The van der Waals surface area contributed by atoms with Gasteiger partial charge < -0.3 is 5.32 Å². The van der Waals surface area contributed by atoms with E-state index in [0.717, 1.165) is 12.0 Å². The molecular formula is C15H32N2. The molecule has 1 fully saturated rings. The molecule has 1 aliphatic rings. The molecule has 2 heteroatoms. The minimum Gasteiger partial charge on any atom is -0.313 e. The fraction of sp³-hybridized carbons (Fsp3) is 1.00. The van der Waals surface area contributed by atoms with Crippen molar-refractivity contribution in [2.24, 2.45) is 5.92 Å². The van der Waals surface area contributed by atoms with E-state index in [1.165, 1.54) is 51.7 Å². The summed E-state index contributed by atoms with van der Waals surface area (Å²) in [5.41, 5.74) is 0. The smallest absolute Gasteiger partial charge is 0.0243 e. The standard InChI is InChI=1S/C15H32N2/c1-5-6-9-14(4)16-12-15(13(2)3)17-10-7-8-11-17/h13-16H,5-12H2,1-4H3. The van der Waals surface area contributed by atoms with Crippen molar-refractivity contribution in [3.8, 4) is 0 Å². The van der Waals surface area contributed by atoms with Gasteiger partial charge in [0.15, 0.2) is 0 Å². The summed E-state index contributed by atoms with van der Waals surface area (Å²) in [5.74, 6) is 0.763. The highest BCUT2D eigenvalue weighted by Crippen LogP contribution is 2.17. The molecule has 0 radical (unpaired) electrons. The Bertz CT molecular complexity index is 185. The largest absolute Gasteiger partial charge is 0.313 e. The second kappa shape index (κ2) is 8.10. The molecule has 0 amide bonds. The highest BCUT2D eigenvalue weighted by atomic mass is 15.2. The van der Waals surface area contributed by atoms with Crippen LogP contribution in [0.1, 0.15) is 59.8 Å². The molecule has 1 N–H and O–H groups in total. The van der Waals surface area contributed by atoms with Gasteiger partial charge >= 0.3 is 0 Å². The summed E-state index contributed by atoms with van der Waals surface area (Å²) < 4.78 is 0. The van der Waals surface area contributed by atoms with Crippen LogP contribution in [0.15, 0.2) is 0 Å². The Labute approximate surface area is 108 Å². The van der Waals surface area contributed by atoms with Crippen molar-refractivity contribution >= 4 is 0 Å². The lowest BCUT2D eigenvalue weighted by Gasteiger charge is -2.32. The molecule has 2 unspecified atom stereocenters. The van der Waals surface area contributed by atoms with E-state index in [9.17, 15) is 0 Å². The van der Waals surface area contributed by atoms with Gasteiger partial charge in [-0.3, -0.25) is 4.90 Å². The van der Waals surface area contributed by atoms with Crippen molar-refractivity contribution in [2.45, 2.75) is 71.9 Å². The first-order chi connectivity index (χ1) is 8.15. The third-order valence-electron chi connectivity index (χ3n) is 4.05. The maximum absolute atomic E-state index is 3.73. The average Bonchev–Trinajstić information content (AvgIpc) is 2.79. The van der Waals surface area contributed by atoms with E-state index in [1.807, 2.05) is 0 Å². The lowest BCUT2D eigenvalue weighted by molar-refractivity contribution is 0.182. The maximum atomic E-state index is 3.73. The van der Waals surface area contributed by atoms with E-state index in [0.29, 0.717) is 6.04 Å². The van der Waals surface area contributed by atoms with E-state index in [2.05, 4.69) is 37.9 Å². The predicted octanol–water partition coefficient (Wildman–Crippen LogP) is 3.28. The van der Waals surface area contributed by atoms with Crippen molar-refractivity contribution in [3.63, 3.8) is 0 Å². The highest BCUT2D eigenvalue weighted by molar-refractivity contribution is 4.81. The highest BCUT2D eigenvalue weighted by Gasteiger charge is 2.24. The van der Waals surface area contributed by atoms with Gasteiger partial charge in [-0.1, -0.05) is 33.6 Å². The van der Waals surface area contributed by atoms with Crippen LogP contribution < -0.4 is 5.32 Å². The zero-order chi connectivity index (χ0) is 12.7. The molecule has 0 bridgehead atoms. The fourth-order valence-corrected chi connectivity index (χ4v) is 2.79. The van der Waals surface area contributed by atoms with Gasteiger partial charge in [0, 0.05) is 18.6 Å². The van der Waals surface area contributed by atoms with Crippen molar-refractivity contribution in [2.75, 3.05) is 19.6 Å². The van der Waals surface area contributed by atoms with Crippen LogP contribution in [0.4, 0.5) is 0 Å². The number of unbranched alkanes of at least 4 members (excludes halogenated alkanes) is 1. The van der Waals surface area contributed by atoms with Crippen LogP contribution in [0.5, 0.6) is 0 Å². The molecule has 1 aliphatic heterocycles. The number of nitrogens with zero attached hydrogens (tertiary/aromatic N) is 1. The van der Waals surface area contributed by atoms with Crippen molar-refractivity contribution in [3.05, 3.63) is 0 Å². The van der Waals surface area contributed by atoms with Crippen LogP contribution in [-0.2, 0) is 0 Å². The van der Waals surface area contributed by atoms with E-state index >= 15 is 0 Å². The minimum absolute atomic E-state index is 0.679. The van der Waals surface area contributed by atoms with Gasteiger partial charge in [0.25, 0.3) is 0 Å². The third kappa shape index (κ3) is 5.39. The molecule has 1 heterocycles. The Balaban J connectivity index is 2.28. The summed E-state index contributed by atoms with van der Waals surface area (Å²) >= 11 is 0. The lowest BCUT2D eigenvalue weighted by atomic mass is 10.0. The summed E-state index contributed by atoms with van der Waals surface area (Å²) in [6.07, 6.45) is 6.78. The number of likely N-dealkylation sites (tertiary alicyclic amines) is 1. The van der Waals surface area contributed by atoms with Crippen LogP contribution in [0.2, 0.25) is 0 Å². The maximum Gasteiger partial charge on any atom is 0.0243 e. The van der Waals surface area contributed by atoms with Gasteiger partial charge in [0.2, 0.25) is 0 Å². The fourth-order valence-electron chi connectivity index (χ4n) is 2.79. The van der Waals surface area contributed by atoms with Crippen molar-refractivity contribution < 1.29 is 0 Å². The molecule has 0 aromatic carbocycles. The first kappa shape index (κ1) is 15.0. The molecule has 0 aliphatic carbocycles. The SMILES string of the molecule is CCCCC(C)NCC(C(C)C)N1CCCC1. The zero-order valence-electron chi connectivity index (χ0n) is 12.3. The molecule has 2 nitrogen and oxygen atoms in total. The number of hydrogen-bond donors (Lipinski definition) is 1. The van der Waals surface area contributed by atoms with Crippen molar-refractivity contribution in [1.82, 2.24) is 10.2 Å². The summed E-state index contributed by atoms with van der Waals surface area (Å²) in [6, 6.07) is 1.42. The van der Waals surface area contributed by atoms with E-state index in [1.54, 1.807) is 0 Å². The van der Waals surface area contributed by atoms with Gasteiger partial charge in [-0.25, -0.2) is 0 Å². The van der Waals surface area contributed by atoms with Crippen LogP contribution >= 0.6 is 0 Å². The monoisotopic (exact) mass is 240 g/mol. The van der Waals surface area contributed by atoms with E-state index < -0.39 is 0 Å². The van der Waals surface area contributed by atoms with Gasteiger partial charge in [-0.2, -0.15) is 0 Å². The topological polar surface area (TPSA) is 15.3 Å². The molecule has 0 saturated carbocycles. The normalized spacial score (nSPS) is 21.0. The van der Waals surface area contributed by atoms with Crippen molar-refractivity contribution in [1.29, 1.82) is 0 Å². The summed E-state index contributed by atoms with van der Waals surface area (Å²) in [7, 11) is 0. The van der Waals surface area contributed by atoms with E-state index in [-0.39, 0.29) is 0 Å². The summed E-state index contributed by atoms with van der Waals surface area (Å²) in [5, 5.41) is 3.73. The van der Waals surface area contributed by atoms with Gasteiger partial charge in [0.1, 0.15) is 0 Å². The second-order valence-corrected chi connectivity index (χ2v) is 6.01. The first-order valence-corrected chi connectivity index (χ1v) is 7.62. The van der Waals surface area contributed by atoms with Gasteiger partial charge in [-0.05, 0) is 45.2 Å². The van der Waals surface area contributed by atoms with Crippen LogP contribution in [0.25, 0.3) is 0 Å². The van der Waals surface area contributed by atoms with Crippen LogP contribution in [0.3, 0.4) is 0 Å². The molecule has 0 aromatic rings. The minimum atomic E-state index is 0.679. The van der Waals surface area contributed by atoms with Crippen LogP contribution in [0, 0.1) is 5.92 Å². The molecule has 1 rings (SSSR count). The third-order valence-corrected chi connectivity index (χ3v) is 4.05. The van der Waals surface area contributed by atoms with Gasteiger partial charge in [0.05, 0.1) is 0 Å². The zero-order valence-corrected chi connectivity index (χ0v) is 12.3. The Hall–Kier alpha value is -0.0800. The van der Waals surface area contributed by atoms with Crippen LogP contribution in [-0.4, -0.2) is 36.6 Å². The lowest BCUT2D eigenvalue weighted by Crippen LogP contribution is -2.46. The Morgan fingerprint density at radius 3 is 2.29 bits per heavy atom. The summed E-state index contributed by atoms with van der Waals surface area (Å²) in [4.78, 5) is 2.68. The molecule has 0 spiro atoms. The number of hydrogen-bond acceptors (Lipinski definition) is 2. The Kier molecular flexibility index (Phi) is 7.14. The molecule has 0 aromatic heterocycles. The molecule has 2 atom stereocenters.